The second-order valence-corrected chi connectivity index (χ2v) is 3.31. The van der Waals surface area contributed by atoms with Crippen molar-refractivity contribution in [3.8, 4) is 0 Å². The summed E-state index contributed by atoms with van der Waals surface area (Å²) in [7, 11) is 0. The number of amides is 1. The molecule has 0 saturated carbocycles. The molecule has 0 heterocycles. The Labute approximate surface area is 76.3 Å². The van der Waals surface area contributed by atoms with Crippen molar-refractivity contribution in [3.63, 3.8) is 0 Å². The second-order valence-electron chi connectivity index (χ2n) is 3.31. The molecule has 0 bridgehead atoms. The topological polar surface area (TPSA) is 118 Å². The first-order valence-corrected chi connectivity index (χ1v) is 3.80. The van der Waals surface area contributed by atoms with Crippen LogP contribution in [0.3, 0.4) is 0 Å². The Morgan fingerprint density at radius 2 is 2.00 bits per heavy atom. The van der Waals surface area contributed by atoms with Crippen LogP contribution in [-0.4, -0.2) is 35.1 Å². The average Bonchev–Trinajstić information content (AvgIpc) is 1.99. The molecule has 0 radical (unpaired) electrons. The third-order valence-electron chi connectivity index (χ3n) is 1.70. The van der Waals surface area contributed by atoms with Crippen molar-refractivity contribution in [2.24, 2.45) is 11.5 Å². The van der Waals surface area contributed by atoms with Crippen molar-refractivity contribution >= 4 is 11.9 Å². The fourth-order valence-corrected chi connectivity index (χ4v) is 0.540. The molecule has 13 heavy (non-hydrogen) atoms. The van der Waals surface area contributed by atoms with E-state index in [4.69, 9.17) is 16.6 Å². The second kappa shape index (κ2) is 4.20. The highest BCUT2D eigenvalue weighted by atomic mass is 16.4. The summed E-state index contributed by atoms with van der Waals surface area (Å²) < 4.78 is 0. The molecule has 0 spiro atoms. The zero-order chi connectivity index (χ0) is 10.6. The van der Waals surface area contributed by atoms with Gasteiger partial charge in [0.25, 0.3) is 0 Å². The van der Waals surface area contributed by atoms with Crippen LogP contribution in [0.5, 0.6) is 0 Å². The van der Waals surface area contributed by atoms with Gasteiger partial charge in [-0.1, -0.05) is 0 Å². The van der Waals surface area contributed by atoms with Gasteiger partial charge in [-0.3, -0.25) is 9.59 Å². The minimum atomic E-state index is -1.12. The van der Waals surface area contributed by atoms with Gasteiger partial charge in [-0.25, -0.2) is 0 Å². The van der Waals surface area contributed by atoms with Crippen LogP contribution in [0.25, 0.3) is 0 Å². The third-order valence-corrected chi connectivity index (χ3v) is 1.70. The number of hydrogen-bond donors (Lipinski definition) is 4. The average molecular weight is 189 g/mol. The van der Waals surface area contributed by atoms with E-state index >= 15 is 0 Å². The molecule has 1 amide bonds. The highest BCUT2D eigenvalue weighted by molar-refractivity contribution is 5.83. The van der Waals surface area contributed by atoms with Crippen molar-refractivity contribution in [2.75, 3.05) is 6.54 Å². The summed E-state index contributed by atoms with van der Waals surface area (Å²) in [5.41, 5.74) is 9.32. The Bertz CT molecular complexity index is 215. The van der Waals surface area contributed by atoms with Crippen molar-refractivity contribution < 1.29 is 14.7 Å². The molecule has 0 aliphatic carbocycles. The molecule has 0 aliphatic rings. The smallest absolute Gasteiger partial charge is 0.321 e. The fourth-order valence-electron chi connectivity index (χ4n) is 0.540. The van der Waals surface area contributed by atoms with E-state index in [-0.39, 0.29) is 6.54 Å². The van der Waals surface area contributed by atoms with Gasteiger partial charge in [-0.2, -0.15) is 0 Å². The molecule has 6 heteroatoms. The minimum absolute atomic E-state index is 0.00523. The predicted molar refractivity (Wildman–Crippen MR) is 46.9 cm³/mol. The summed E-state index contributed by atoms with van der Waals surface area (Å²) in [4.78, 5) is 21.1. The van der Waals surface area contributed by atoms with E-state index in [0.29, 0.717) is 0 Å². The molecule has 0 rings (SSSR count). The van der Waals surface area contributed by atoms with Crippen LogP contribution in [0.4, 0.5) is 0 Å². The summed E-state index contributed by atoms with van der Waals surface area (Å²) in [5, 5.41) is 11.1. The molecule has 0 aromatic heterocycles. The summed E-state index contributed by atoms with van der Waals surface area (Å²) in [6.45, 7) is 3.12. The van der Waals surface area contributed by atoms with E-state index in [1.807, 2.05) is 0 Å². The number of carboxylic acid groups (broad SMARTS) is 1. The zero-order valence-electron chi connectivity index (χ0n) is 7.70. The number of carbonyl (C=O) groups excluding carboxylic acids is 1. The van der Waals surface area contributed by atoms with E-state index < -0.39 is 23.5 Å². The van der Waals surface area contributed by atoms with Crippen LogP contribution in [0, 0.1) is 0 Å². The Morgan fingerprint density at radius 1 is 1.54 bits per heavy atom. The van der Waals surface area contributed by atoms with E-state index in [0.717, 1.165) is 0 Å². The van der Waals surface area contributed by atoms with E-state index in [9.17, 15) is 9.59 Å². The quantitative estimate of drug-likeness (QED) is 0.409. The minimum Gasteiger partial charge on any atom is -0.480 e. The van der Waals surface area contributed by atoms with Gasteiger partial charge in [0.2, 0.25) is 5.91 Å². The van der Waals surface area contributed by atoms with E-state index in [2.05, 4.69) is 5.32 Å². The maximum absolute atomic E-state index is 10.8. The highest BCUT2D eigenvalue weighted by Gasteiger charge is 2.25. The number of aliphatic carboxylic acids is 1. The first-order chi connectivity index (χ1) is 5.77. The first kappa shape index (κ1) is 11.9. The molecule has 0 aromatic rings. The Morgan fingerprint density at radius 3 is 2.31 bits per heavy atom. The highest BCUT2D eigenvalue weighted by Crippen LogP contribution is 1.99. The van der Waals surface area contributed by atoms with Crippen LogP contribution in [0.2, 0.25) is 0 Å². The summed E-state index contributed by atoms with van der Waals surface area (Å²) in [6.07, 6.45) is 0. The zero-order valence-corrected chi connectivity index (χ0v) is 7.70. The number of primary amides is 1. The van der Waals surface area contributed by atoms with Gasteiger partial charge < -0.3 is 21.9 Å². The third kappa shape index (κ3) is 3.86. The molecule has 1 atom stereocenters. The van der Waals surface area contributed by atoms with Gasteiger partial charge in [-0.15, -0.1) is 0 Å². The molecule has 0 aromatic carbocycles. The maximum atomic E-state index is 10.8. The lowest BCUT2D eigenvalue weighted by molar-refractivity contribution is -0.138. The van der Waals surface area contributed by atoms with E-state index in [1.54, 1.807) is 13.8 Å². The molecule has 6 N–H and O–H groups in total. The monoisotopic (exact) mass is 189 g/mol. The Hall–Kier alpha value is -1.14. The fraction of sp³-hybridized carbons (Fsp3) is 0.714. The number of carbonyl (C=O) groups is 2. The molecule has 0 aliphatic heterocycles. The lowest BCUT2D eigenvalue weighted by Gasteiger charge is -2.23. The van der Waals surface area contributed by atoms with Gasteiger partial charge in [0, 0.05) is 6.54 Å². The van der Waals surface area contributed by atoms with Crippen LogP contribution in [0.1, 0.15) is 13.8 Å². The SMILES string of the molecule is CC(C)(NCC(N)C(=O)O)C(N)=O. The molecular weight excluding hydrogens is 174 g/mol. The number of carboxylic acids is 1. The lowest BCUT2D eigenvalue weighted by Crippen LogP contribution is -2.55. The van der Waals surface area contributed by atoms with E-state index in [1.165, 1.54) is 0 Å². The van der Waals surface area contributed by atoms with Gasteiger partial charge in [-0.05, 0) is 13.8 Å². The summed E-state index contributed by atoms with van der Waals surface area (Å²) >= 11 is 0. The molecule has 1 unspecified atom stereocenters. The Balaban J connectivity index is 4.02. The predicted octanol–water partition coefficient (Wildman–Crippen LogP) is -1.75. The largest absolute Gasteiger partial charge is 0.480 e. The maximum Gasteiger partial charge on any atom is 0.321 e. The van der Waals surface area contributed by atoms with Crippen LogP contribution in [-0.2, 0) is 9.59 Å². The van der Waals surface area contributed by atoms with Crippen LogP contribution in [0.15, 0.2) is 0 Å². The molecule has 0 fully saturated rings. The standard InChI is InChI=1S/C7H15N3O3/c1-7(2,6(9)13)10-3-4(8)5(11)12/h4,10H,3,8H2,1-2H3,(H2,9,13)(H,11,12). The number of nitrogens with two attached hydrogens (primary N) is 2. The summed E-state index contributed by atoms with van der Waals surface area (Å²) in [5.74, 6) is -1.67. The van der Waals surface area contributed by atoms with Gasteiger partial charge in [0.05, 0.1) is 5.54 Å². The lowest BCUT2D eigenvalue weighted by atomic mass is 10.0. The van der Waals surface area contributed by atoms with Crippen molar-refractivity contribution in [3.05, 3.63) is 0 Å². The van der Waals surface area contributed by atoms with Crippen molar-refractivity contribution in [1.82, 2.24) is 5.32 Å². The molecule has 6 nitrogen and oxygen atoms in total. The number of nitrogens with one attached hydrogen (secondary N) is 1. The first-order valence-electron chi connectivity index (χ1n) is 3.80. The normalized spacial score (nSPS) is 13.8. The van der Waals surface area contributed by atoms with Crippen LogP contribution < -0.4 is 16.8 Å². The van der Waals surface area contributed by atoms with Gasteiger partial charge >= 0.3 is 5.97 Å². The summed E-state index contributed by atoms with van der Waals surface area (Å²) in [6, 6.07) is -1.03. The van der Waals surface area contributed by atoms with Gasteiger partial charge in [0.1, 0.15) is 6.04 Å². The number of rotatable bonds is 5. The molecule has 76 valence electrons. The van der Waals surface area contributed by atoms with Crippen molar-refractivity contribution in [2.45, 2.75) is 25.4 Å². The van der Waals surface area contributed by atoms with Crippen LogP contribution >= 0.6 is 0 Å². The number of hydrogen-bond acceptors (Lipinski definition) is 4. The van der Waals surface area contributed by atoms with Crippen molar-refractivity contribution in [1.29, 1.82) is 0 Å². The molecule has 0 saturated heterocycles. The Kier molecular flexibility index (Phi) is 3.83. The van der Waals surface area contributed by atoms with Gasteiger partial charge in [0.15, 0.2) is 0 Å². The molecular formula is C7H15N3O3.